The zero-order chi connectivity index (χ0) is 22.0. The molecule has 0 bridgehead atoms. The lowest BCUT2D eigenvalue weighted by atomic mass is 10.1. The first kappa shape index (κ1) is 21.4. The van der Waals surface area contributed by atoms with Crippen molar-refractivity contribution in [2.24, 2.45) is 0 Å². The number of aryl methyl sites for hydroxylation is 1. The Balaban J connectivity index is 1.76. The fraction of sp³-hybridized carbons (Fsp3) is 0.208. The number of aromatic nitrogens is 4. The van der Waals surface area contributed by atoms with E-state index in [4.69, 9.17) is 28.9 Å². The summed E-state index contributed by atoms with van der Waals surface area (Å²) >= 11 is 12.3. The molecule has 5 nitrogen and oxygen atoms in total. The third-order valence-electron chi connectivity index (χ3n) is 5.33. The second-order valence-electron chi connectivity index (χ2n) is 7.64. The molecule has 2 heterocycles. The highest BCUT2D eigenvalue weighted by Gasteiger charge is 2.17. The molecule has 2 aromatic carbocycles. The smallest absolute Gasteiger partial charge is 0.204 e. The molecule has 0 radical (unpaired) electrons. The van der Waals surface area contributed by atoms with E-state index < -0.39 is 0 Å². The molecule has 0 saturated heterocycles. The topological polar surface area (TPSA) is 38.9 Å². The van der Waals surface area contributed by atoms with Crippen LogP contribution in [-0.2, 0) is 13.2 Å². The van der Waals surface area contributed by atoms with Gasteiger partial charge in [0.1, 0.15) is 0 Å². The van der Waals surface area contributed by atoms with E-state index >= 15 is 0 Å². The van der Waals surface area contributed by atoms with Crippen molar-refractivity contribution >= 4 is 23.8 Å². The standard InChI is InChI=1S/C24H24ClN5S/c1-17-7-4-5-8-20(17)15-28(3)16-29-24(31)30(22-10-6-9-21(25)18(22)2)23(27-29)19-11-13-26-14-12-19/h4-14H,15-16H2,1-3H3. The van der Waals surface area contributed by atoms with E-state index in [0.717, 1.165) is 29.2 Å². The molecule has 0 saturated carbocycles. The molecule has 0 atom stereocenters. The van der Waals surface area contributed by atoms with Gasteiger partial charge in [0, 0.05) is 29.5 Å². The summed E-state index contributed by atoms with van der Waals surface area (Å²) in [6.07, 6.45) is 3.52. The molecule has 0 N–H and O–H groups in total. The quantitative estimate of drug-likeness (QED) is 0.347. The Morgan fingerprint density at radius 3 is 2.48 bits per heavy atom. The first-order valence-electron chi connectivity index (χ1n) is 10.0. The van der Waals surface area contributed by atoms with Crippen LogP contribution in [0.25, 0.3) is 17.1 Å². The number of hydrogen-bond acceptors (Lipinski definition) is 4. The molecule has 0 aliphatic rings. The van der Waals surface area contributed by atoms with Gasteiger partial charge in [0.15, 0.2) is 5.82 Å². The zero-order valence-corrected chi connectivity index (χ0v) is 19.4. The van der Waals surface area contributed by atoms with Crippen LogP contribution in [0.5, 0.6) is 0 Å². The minimum Gasteiger partial charge on any atom is -0.283 e. The Morgan fingerprint density at radius 1 is 1.00 bits per heavy atom. The summed E-state index contributed by atoms with van der Waals surface area (Å²) in [5.41, 5.74) is 5.40. The van der Waals surface area contributed by atoms with Crippen LogP contribution in [0.1, 0.15) is 16.7 Å². The monoisotopic (exact) mass is 449 g/mol. The predicted octanol–water partition coefficient (Wildman–Crippen LogP) is 5.83. The van der Waals surface area contributed by atoms with E-state index in [1.54, 1.807) is 12.4 Å². The zero-order valence-electron chi connectivity index (χ0n) is 17.8. The molecule has 31 heavy (non-hydrogen) atoms. The van der Waals surface area contributed by atoms with E-state index in [1.807, 2.05) is 46.5 Å². The Labute approximate surface area is 192 Å². The fourth-order valence-electron chi connectivity index (χ4n) is 3.60. The lowest BCUT2D eigenvalue weighted by Gasteiger charge is -2.17. The van der Waals surface area contributed by atoms with Gasteiger partial charge in [-0.25, -0.2) is 4.68 Å². The predicted molar refractivity (Wildman–Crippen MR) is 128 cm³/mol. The van der Waals surface area contributed by atoms with Crippen molar-refractivity contribution in [3.05, 3.63) is 93.5 Å². The summed E-state index contributed by atoms with van der Waals surface area (Å²) in [4.78, 5) is 6.34. The first-order valence-corrected chi connectivity index (χ1v) is 10.8. The average Bonchev–Trinajstić information content (AvgIpc) is 3.08. The average molecular weight is 450 g/mol. The lowest BCUT2D eigenvalue weighted by Crippen LogP contribution is -2.23. The van der Waals surface area contributed by atoms with Crippen molar-refractivity contribution in [3.8, 4) is 17.1 Å². The minimum atomic E-state index is 0.567. The second kappa shape index (κ2) is 9.14. The van der Waals surface area contributed by atoms with E-state index in [-0.39, 0.29) is 0 Å². The third kappa shape index (κ3) is 4.46. The Kier molecular flexibility index (Phi) is 6.32. The van der Waals surface area contributed by atoms with Gasteiger partial charge in [-0.15, -0.1) is 5.10 Å². The number of rotatable bonds is 6. The maximum absolute atomic E-state index is 6.42. The van der Waals surface area contributed by atoms with Gasteiger partial charge in [0.05, 0.1) is 12.4 Å². The number of nitrogens with zero attached hydrogens (tertiary/aromatic N) is 5. The summed E-state index contributed by atoms with van der Waals surface area (Å²) in [6.45, 7) is 5.50. The van der Waals surface area contributed by atoms with Crippen molar-refractivity contribution in [1.29, 1.82) is 0 Å². The van der Waals surface area contributed by atoms with Crippen LogP contribution in [0.2, 0.25) is 5.02 Å². The van der Waals surface area contributed by atoms with Gasteiger partial charge < -0.3 is 0 Å². The first-order chi connectivity index (χ1) is 15.0. The van der Waals surface area contributed by atoms with Gasteiger partial charge in [-0.1, -0.05) is 41.9 Å². The molecule has 7 heteroatoms. The van der Waals surface area contributed by atoms with Gasteiger partial charge in [-0.05, 0) is 74.1 Å². The van der Waals surface area contributed by atoms with Gasteiger partial charge in [0.2, 0.25) is 4.77 Å². The highest BCUT2D eigenvalue weighted by molar-refractivity contribution is 7.71. The third-order valence-corrected chi connectivity index (χ3v) is 6.14. The molecule has 0 amide bonds. The number of halogens is 1. The number of hydrogen-bond donors (Lipinski definition) is 0. The van der Waals surface area contributed by atoms with Crippen LogP contribution in [0.3, 0.4) is 0 Å². The van der Waals surface area contributed by atoms with Crippen LogP contribution >= 0.6 is 23.8 Å². The van der Waals surface area contributed by atoms with Crippen LogP contribution in [-0.4, -0.2) is 31.3 Å². The van der Waals surface area contributed by atoms with Gasteiger partial charge in [0.25, 0.3) is 0 Å². The summed E-state index contributed by atoms with van der Waals surface area (Å²) in [6, 6.07) is 18.1. The van der Waals surface area contributed by atoms with Gasteiger partial charge in [-0.2, -0.15) is 0 Å². The highest BCUT2D eigenvalue weighted by Crippen LogP contribution is 2.28. The minimum absolute atomic E-state index is 0.567. The van der Waals surface area contributed by atoms with Crippen molar-refractivity contribution in [2.75, 3.05) is 7.05 Å². The largest absolute Gasteiger partial charge is 0.283 e. The van der Waals surface area contributed by atoms with Crippen LogP contribution in [0.15, 0.2) is 67.0 Å². The van der Waals surface area contributed by atoms with E-state index in [0.29, 0.717) is 16.5 Å². The summed E-state index contributed by atoms with van der Waals surface area (Å²) in [5, 5.41) is 5.59. The van der Waals surface area contributed by atoms with Crippen molar-refractivity contribution in [2.45, 2.75) is 27.1 Å². The van der Waals surface area contributed by atoms with Gasteiger partial charge in [-0.3, -0.25) is 14.5 Å². The highest BCUT2D eigenvalue weighted by atomic mass is 35.5. The molecular formula is C24H24ClN5S. The molecule has 4 rings (SSSR count). The fourth-order valence-corrected chi connectivity index (χ4v) is 4.05. The lowest BCUT2D eigenvalue weighted by molar-refractivity contribution is 0.244. The van der Waals surface area contributed by atoms with Gasteiger partial charge >= 0.3 is 0 Å². The maximum Gasteiger partial charge on any atom is 0.204 e. The second-order valence-corrected chi connectivity index (χ2v) is 8.42. The van der Waals surface area contributed by atoms with Crippen LogP contribution < -0.4 is 0 Å². The van der Waals surface area contributed by atoms with Crippen LogP contribution in [0, 0.1) is 18.6 Å². The molecule has 0 spiro atoms. The summed E-state index contributed by atoms with van der Waals surface area (Å²) in [5.74, 6) is 0.766. The molecular weight excluding hydrogens is 426 g/mol. The number of pyridine rings is 1. The normalized spacial score (nSPS) is 11.3. The maximum atomic E-state index is 6.42. The van der Waals surface area contributed by atoms with Crippen molar-refractivity contribution in [3.63, 3.8) is 0 Å². The summed E-state index contributed by atoms with van der Waals surface area (Å²) < 4.78 is 4.48. The molecule has 2 aromatic heterocycles. The SMILES string of the molecule is Cc1ccccc1CN(C)Cn1nc(-c2ccncc2)n(-c2cccc(Cl)c2C)c1=S. The van der Waals surface area contributed by atoms with E-state index in [2.05, 4.69) is 48.1 Å². The Morgan fingerprint density at radius 2 is 1.74 bits per heavy atom. The molecule has 4 aromatic rings. The Bertz CT molecular complexity index is 1260. The van der Waals surface area contributed by atoms with Crippen molar-refractivity contribution in [1.82, 2.24) is 24.2 Å². The molecule has 0 aliphatic heterocycles. The molecule has 158 valence electrons. The summed E-state index contributed by atoms with van der Waals surface area (Å²) in [7, 11) is 2.07. The molecule has 0 unspecified atom stereocenters. The van der Waals surface area contributed by atoms with Crippen LogP contribution in [0.4, 0.5) is 0 Å². The number of benzene rings is 2. The Hall–Kier alpha value is -2.80. The van der Waals surface area contributed by atoms with E-state index in [1.165, 1.54) is 11.1 Å². The van der Waals surface area contributed by atoms with Crippen molar-refractivity contribution < 1.29 is 0 Å². The van der Waals surface area contributed by atoms with E-state index in [9.17, 15) is 0 Å². The molecule has 0 fully saturated rings. The molecule has 0 aliphatic carbocycles.